The van der Waals surface area contributed by atoms with Gasteiger partial charge in [0.05, 0.1) is 17.6 Å². The van der Waals surface area contributed by atoms with Gasteiger partial charge in [-0.2, -0.15) is 0 Å². The summed E-state index contributed by atoms with van der Waals surface area (Å²) in [6, 6.07) is 9.62. The molecule has 4 rings (SSSR count). The lowest BCUT2D eigenvalue weighted by Crippen LogP contribution is -2.23. The fraction of sp³-hybridized carbons (Fsp3) is 0.167. The number of nitrogens with one attached hydrogen (secondary N) is 3. The van der Waals surface area contributed by atoms with Crippen LogP contribution in [0.25, 0.3) is 11.0 Å². The number of aromatic nitrogens is 5. The number of anilines is 2. The molecule has 3 N–H and O–H groups in total. The zero-order valence-electron chi connectivity index (χ0n) is 14.8. The highest BCUT2D eigenvalue weighted by Gasteiger charge is 2.12. The highest BCUT2D eigenvalue weighted by molar-refractivity contribution is 7.14. The number of nitrogens with zero attached hydrogens (tertiary/aromatic N) is 4. The summed E-state index contributed by atoms with van der Waals surface area (Å²) in [5.41, 5.74) is 3.88. The molecule has 0 saturated carbocycles. The molecule has 8 nitrogen and oxygen atoms in total. The number of fused-ring (bicyclic) bond motifs is 1. The SMILES string of the molecule is Cc1cc(C)nc(Nc2nc(C(=O)NCc3nc4ccccc4[nH]3)cs2)n1. The van der Waals surface area contributed by atoms with Gasteiger partial charge in [-0.15, -0.1) is 11.3 Å². The molecule has 3 heterocycles. The van der Waals surface area contributed by atoms with Gasteiger partial charge in [0, 0.05) is 16.8 Å². The molecular weight excluding hydrogens is 362 g/mol. The molecule has 0 aliphatic heterocycles. The maximum absolute atomic E-state index is 12.3. The minimum atomic E-state index is -0.263. The summed E-state index contributed by atoms with van der Waals surface area (Å²) in [6.07, 6.45) is 0. The van der Waals surface area contributed by atoms with Crippen LogP contribution in [0.1, 0.15) is 27.7 Å². The van der Waals surface area contributed by atoms with Crippen molar-refractivity contribution in [3.63, 3.8) is 0 Å². The van der Waals surface area contributed by atoms with Gasteiger partial charge in [0.15, 0.2) is 5.13 Å². The van der Waals surface area contributed by atoms with Gasteiger partial charge in [-0.3, -0.25) is 4.79 Å². The first-order valence-corrected chi connectivity index (χ1v) is 9.21. The average Bonchev–Trinajstić information content (AvgIpc) is 3.25. The summed E-state index contributed by atoms with van der Waals surface area (Å²) in [7, 11) is 0. The maximum Gasteiger partial charge on any atom is 0.271 e. The van der Waals surface area contributed by atoms with Crippen LogP contribution >= 0.6 is 11.3 Å². The summed E-state index contributed by atoms with van der Waals surface area (Å²) < 4.78 is 0. The number of benzene rings is 1. The van der Waals surface area contributed by atoms with Crippen molar-refractivity contribution in [2.45, 2.75) is 20.4 Å². The number of imidazole rings is 1. The first kappa shape index (κ1) is 17.1. The molecule has 9 heteroatoms. The molecule has 0 aliphatic rings. The van der Waals surface area contributed by atoms with E-state index in [1.54, 1.807) is 5.38 Å². The minimum absolute atomic E-state index is 0.263. The van der Waals surface area contributed by atoms with Gasteiger partial charge in [0.2, 0.25) is 5.95 Å². The first-order chi connectivity index (χ1) is 13.1. The fourth-order valence-electron chi connectivity index (χ4n) is 2.66. The lowest BCUT2D eigenvalue weighted by Gasteiger charge is -2.03. The monoisotopic (exact) mass is 379 g/mol. The van der Waals surface area contributed by atoms with Crippen LogP contribution in [-0.4, -0.2) is 30.8 Å². The molecule has 1 amide bonds. The van der Waals surface area contributed by atoms with Crippen molar-refractivity contribution in [1.82, 2.24) is 30.2 Å². The van der Waals surface area contributed by atoms with Crippen LogP contribution in [0.4, 0.5) is 11.1 Å². The number of amides is 1. The zero-order valence-corrected chi connectivity index (χ0v) is 15.6. The van der Waals surface area contributed by atoms with Crippen LogP contribution in [-0.2, 0) is 6.54 Å². The number of H-pyrrole nitrogens is 1. The highest BCUT2D eigenvalue weighted by Crippen LogP contribution is 2.19. The van der Waals surface area contributed by atoms with E-state index in [1.165, 1.54) is 11.3 Å². The van der Waals surface area contributed by atoms with Gasteiger partial charge < -0.3 is 15.6 Å². The Morgan fingerprint density at radius 3 is 2.67 bits per heavy atom. The number of aryl methyl sites for hydroxylation is 2. The summed E-state index contributed by atoms with van der Waals surface area (Å²) in [5.74, 6) is 0.902. The number of hydrogen-bond donors (Lipinski definition) is 3. The largest absolute Gasteiger partial charge is 0.343 e. The van der Waals surface area contributed by atoms with E-state index in [0.717, 1.165) is 22.4 Å². The number of carbonyl (C=O) groups is 1. The Labute approximate surface area is 159 Å². The predicted octanol–water partition coefficient (Wildman–Crippen LogP) is 3.10. The molecule has 0 saturated heterocycles. The van der Waals surface area contributed by atoms with E-state index >= 15 is 0 Å². The van der Waals surface area contributed by atoms with E-state index in [9.17, 15) is 4.79 Å². The van der Waals surface area contributed by atoms with E-state index in [1.807, 2.05) is 44.2 Å². The number of hydrogen-bond acceptors (Lipinski definition) is 7. The number of carbonyl (C=O) groups excluding carboxylic acids is 1. The second-order valence-electron chi connectivity index (χ2n) is 6.02. The van der Waals surface area contributed by atoms with Gasteiger partial charge in [0.25, 0.3) is 5.91 Å². The Morgan fingerprint density at radius 1 is 1.11 bits per heavy atom. The lowest BCUT2D eigenvalue weighted by molar-refractivity contribution is 0.0946. The molecule has 27 heavy (non-hydrogen) atoms. The summed E-state index contributed by atoms with van der Waals surface area (Å²) in [4.78, 5) is 32.9. The molecule has 1 aromatic carbocycles. The van der Waals surface area contributed by atoms with E-state index < -0.39 is 0 Å². The average molecular weight is 379 g/mol. The third kappa shape index (κ3) is 3.93. The summed E-state index contributed by atoms with van der Waals surface area (Å²) in [6.45, 7) is 4.10. The van der Waals surface area contributed by atoms with Gasteiger partial charge in [-0.25, -0.2) is 19.9 Å². The molecule has 0 bridgehead atoms. The van der Waals surface area contributed by atoms with E-state index in [0.29, 0.717) is 29.1 Å². The molecule has 0 atom stereocenters. The van der Waals surface area contributed by atoms with Crippen LogP contribution in [0.5, 0.6) is 0 Å². The van der Waals surface area contributed by atoms with Crippen molar-refractivity contribution in [1.29, 1.82) is 0 Å². The van der Waals surface area contributed by atoms with Crippen LogP contribution in [0, 0.1) is 13.8 Å². The normalized spacial score (nSPS) is 10.9. The number of rotatable bonds is 5. The zero-order chi connectivity index (χ0) is 18.8. The van der Waals surface area contributed by atoms with Crippen LogP contribution in [0.2, 0.25) is 0 Å². The number of aromatic amines is 1. The van der Waals surface area contributed by atoms with Crippen molar-refractivity contribution in [2.24, 2.45) is 0 Å². The number of thiazole rings is 1. The Bertz CT molecular complexity index is 1060. The van der Waals surface area contributed by atoms with Crippen molar-refractivity contribution in [3.05, 3.63) is 58.6 Å². The van der Waals surface area contributed by atoms with Crippen molar-refractivity contribution in [2.75, 3.05) is 5.32 Å². The van der Waals surface area contributed by atoms with E-state index in [-0.39, 0.29) is 5.91 Å². The Morgan fingerprint density at radius 2 is 1.89 bits per heavy atom. The standard InChI is InChI=1S/C18H17N7OS/c1-10-7-11(2)21-17(20-10)25-18-24-14(9-27-18)16(26)19-8-15-22-12-5-3-4-6-13(12)23-15/h3-7,9H,8H2,1-2H3,(H,19,26)(H,22,23)(H,20,21,24,25). The van der Waals surface area contributed by atoms with E-state index in [4.69, 9.17) is 0 Å². The molecule has 4 aromatic rings. The maximum atomic E-state index is 12.3. The third-order valence-corrected chi connectivity index (χ3v) is 4.55. The molecule has 136 valence electrons. The van der Waals surface area contributed by atoms with Gasteiger partial charge >= 0.3 is 0 Å². The van der Waals surface area contributed by atoms with E-state index in [2.05, 4.69) is 35.6 Å². The molecule has 3 aromatic heterocycles. The summed E-state index contributed by atoms with van der Waals surface area (Å²) in [5, 5.41) is 8.12. The number of para-hydroxylation sites is 2. The van der Waals surface area contributed by atoms with Gasteiger partial charge in [0.1, 0.15) is 11.5 Å². The third-order valence-electron chi connectivity index (χ3n) is 3.79. The first-order valence-electron chi connectivity index (χ1n) is 8.33. The second-order valence-corrected chi connectivity index (χ2v) is 6.88. The molecule has 0 spiro atoms. The highest BCUT2D eigenvalue weighted by atomic mass is 32.1. The van der Waals surface area contributed by atoms with Crippen molar-refractivity contribution >= 4 is 39.4 Å². The molecule has 0 aliphatic carbocycles. The lowest BCUT2D eigenvalue weighted by atomic mass is 10.3. The smallest absolute Gasteiger partial charge is 0.271 e. The molecular formula is C18H17N7OS. The molecule has 0 unspecified atom stereocenters. The molecule has 0 radical (unpaired) electrons. The van der Waals surface area contributed by atoms with Crippen molar-refractivity contribution in [3.8, 4) is 0 Å². The van der Waals surface area contributed by atoms with Crippen LogP contribution < -0.4 is 10.6 Å². The predicted molar refractivity (Wildman–Crippen MR) is 104 cm³/mol. The Hall–Kier alpha value is -3.33. The topological polar surface area (TPSA) is 108 Å². The quantitative estimate of drug-likeness (QED) is 0.492. The second kappa shape index (κ2) is 7.12. The van der Waals surface area contributed by atoms with Crippen LogP contribution in [0.15, 0.2) is 35.7 Å². The molecule has 0 fully saturated rings. The minimum Gasteiger partial charge on any atom is -0.343 e. The Balaban J connectivity index is 1.40. The fourth-order valence-corrected chi connectivity index (χ4v) is 3.34. The van der Waals surface area contributed by atoms with Gasteiger partial charge in [-0.05, 0) is 32.0 Å². The summed E-state index contributed by atoms with van der Waals surface area (Å²) >= 11 is 1.32. The van der Waals surface area contributed by atoms with Crippen LogP contribution in [0.3, 0.4) is 0 Å². The van der Waals surface area contributed by atoms with Gasteiger partial charge in [-0.1, -0.05) is 12.1 Å². The Kier molecular flexibility index (Phi) is 4.51. The van der Waals surface area contributed by atoms with Crippen molar-refractivity contribution < 1.29 is 4.79 Å².